The summed E-state index contributed by atoms with van der Waals surface area (Å²) >= 11 is 0. The number of fused-ring (bicyclic) bond motifs is 7. The molecule has 5 aliphatic rings. The second kappa shape index (κ2) is 8.26. The molecule has 0 spiro atoms. The van der Waals surface area contributed by atoms with Gasteiger partial charge in [0.05, 0.1) is 11.4 Å². The molecule has 2 saturated heterocycles. The number of nitrogens with two attached hydrogens (primary N) is 1. The van der Waals surface area contributed by atoms with Crippen molar-refractivity contribution in [2.24, 2.45) is 17.8 Å². The number of nitrogens with one attached hydrogen (secondary N) is 1. The first-order chi connectivity index (χ1) is 13.8. The highest BCUT2D eigenvalue weighted by Gasteiger charge is 2.42. The number of nitrogen functional groups attached to an aromatic ring is 1. The first-order valence-corrected chi connectivity index (χ1v) is 12.1. The Hall–Kier alpha value is -1.22. The van der Waals surface area contributed by atoms with Crippen LogP contribution >= 0.6 is 0 Å². The highest BCUT2D eigenvalue weighted by atomic mass is 15.2. The van der Waals surface area contributed by atoms with Crippen LogP contribution in [0.3, 0.4) is 0 Å². The Morgan fingerprint density at radius 1 is 0.786 bits per heavy atom. The van der Waals surface area contributed by atoms with Crippen molar-refractivity contribution in [1.82, 2.24) is 4.90 Å². The lowest BCUT2D eigenvalue weighted by Crippen LogP contribution is -2.57. The van der Waals surface area contributed by atoms with Crippen molar-refractivity contribution >= 4 is 11.4 Å². The highest BCUT2D eigenvalue weighted by molar-refractivity contribution is 5.66. The maximum Gasteiger partial charge on any atom is 0.0576 e. The average Bonchev–Trinajstić information content (AvgIpc) is 2.84. The molecule has 154 valence electrons. The van der Waals surface area contributed by atoms with Crippen molar-refractivity contribution in [3.8, 4) is 0 Å². The third-order valence-electron chi connectivity index (χ3n) is 8.49. The molecular weight excluding hydrogens is 342 g/mol. The molecule has 4 bridgehead atoms. The molecule has 2 heterocycles. The SMILES string of the molecule is Nc1ccccc1N[C@H]1C[C@H]2CCCCC1CN2C1C[C@H]2CCCC[C@@H](C1)C2. The predicted molar refractivity (Wildman–Crippen MR) is 118 cm³/mol. The van der Waals surface area contributed by atoms with Crippen molar-refractivity contribution in [3.05, 3.63) is 24.3 Å². The van der Waals surface area contributed by atoms with Crippen LogP contribution < -0.4 is 11.1 Å². The summed E-state index contributed by atoms with van der Waals surface area (Å²) in [5.74, 6) is 2.82. The largest absolute Gasteiger partial charge is 0.397 e. The van der Waals surface area contributed by atoms with E-state index in [1.807, 2.05) is 12.1 Å². The summed E-state index contributed by atoms with van der Waals surface area (Å²) in [7, 11) is 0. The van der Waals surface area contributed by atoms with Crippen LogP contribution in [0.25, 0.3) is 0 Å². The van der Waals surface area contributed by atoms with Crippen molar-refractivity contribution < 1.29 is 0 Å². The molecule has 0 amide bonds. The Bertz CT molecular complexity index is 645. The molecule has 3 aliphatic carbocycles. The monoisotopic (exact) mass is 381 g/mol. The van der Waals surface area contributed by atoms with Gasteiger partial charge in [-0.3, -0.25) is 4.90 Å². The molecule has 3 heteroatoms. The van der Waals surface area contributed by atoms with Gasteiger partial charge in [-0.25, -0.2) is 0 Å². The van der Waals surface area contributed by atoms with Gasteiger partial charge in [-0.2, -0.15) is 0 Å². The fraction of sp³-hybridized carbons (Fsp3) is 0.760. The summed E-state index contributed by atoms with van der Waals surface area (Å²) < 4.78 is 0. The summed E-state index contributed by atoms with van der Waals surface area (Å²) in [5, 5.41) is 3.87. The van der Waals surface area contributed by atoms with Crippen LogP contribution in [0.5, 0.6) is 0 Å². The van der Waals surface area contributed by atoms with E-state index in [1.165, 1.54) is 83.6 Å². The molecule has 6 atom stereocenters. The van der Waals surface area contributed by atoms with E-state index in [-0.39, 0.29) is 0 Å². The van der Waals surface area contributed by atoms with Gasteiger partial charge in [-0.05, 0) is 68.4 Å². The lowest BCUT2D eigenvalue weighted by molar-refractivity contribution is 0.00152. The van der Waals surface area contributed by atoms with E-state index < -0.39 is 0 Å². The van der Waals surface area contributed by atoms with E-state index in [0.717, 1.165) is 41.2 Å². The zero-order chi connectivity index (χ0) is 18.9. The number of nitrogens with zero attached hydrogens (tertiary/aromatic N) is 1. The molecule has 6 rings (SSSR count). The molecule has 2 aliphatic heterocycles. The number of hydrogen-bond acceptors (Lipinski definition) is 3. The minimum absolute atomic E-state index is 0.595. The molecular formula is C25H39N3. The normalized spacial score (nSPS) is 39.0. The Kier molecular flexibility index (Phi) is 5.54. The summed E-state index contributed by atoms with van der Waals surface area (Å²) in [6, 6.07) is 10.6. The number of anilines is 2. The Labute approximate surface area is 171 Å². The number of para-hydroxylation sites is 2. The highest BCUT2D eigenvalue weighted by Crippen LogP contribution is 2.44. The van der Waals surface area contributed by atoms with Gasteiger partial charge >= 0.3 is 0 Å². The Balaban J connectivity index is 1.32. The van der Waals surface area contributed by atoms with Crippen LogP contribution in [0.2, 0.25) is 0 Å². The topological polar surface area (TPSA) is 41.3 Å². The molecule has 0 radical (unpaired) electrons. The molecule has 1 aromatic rings. The van der Waals surface area contributed by atoms with Crippen LogP contribution in [0.1, 0.15) is 77.0 Å². The van der Waals surface area contributed by atoms with E-state index in [4.69, 9.17) is 5.73 Å². The first kappa shape index (κ1) is 18.8. The van der Waals surface area contributed by atoms with Gasteiger partial charge in [0, 0.05) is 24.7 Å². The lowest BCUT2D eigenvalue weighted by Gasteiger charge is -2.52. The zero-order valence-electron chi connectivity index (χ0n) is 17.5. The van der Waals surface area contributed by atoms with Gasteiger partial charge in [0.15, 0.2) is 0 Å². The van der Waals surface area contributed by atoms with Gasteiger partial charge in [0.25, 0.3) is 0 Å². The van der Waals surface area contributed by atoms with Crippen LogP contribution in [-0.4, -0.2) is 29.6 Å². The summed E-state index contributed by atoms with van der Waals surface area (Å²) in [4.78, 5) is 3.01. The molecule has 3 N–H and O–H groups in total. The molecule has 1 aromatic carbocycles. The van der Waals surface area contributed by atoms with Gasteiger partial charge in [0.2, 0.25) is 0 Å². The van der Waals surface area contributed by atoms with Crippen molar-refractivity contribution in [2.45, 2.75) is 95.2 Å². The second-order valence-electron chi connectivity index (χ2n) is 10.3. The van der Waals surface area contributed by atoms with E-state index in [0.29, 0.717) is 6.04 Å². The van der Waals surface area contributed by atoms with E-state index in [2.05, 4.69) is 22.3 Å². The smallest absolute Gasteiger partial charge is 0.0576 e. The number of piperidine rings is 1. The molecule has 28 heavy (non-hydrogen) atoms. The first-order valence-electron chi connectivity index (χ1n) is 12.1. The Morgan fingerprint density at radius 3 is 2.29 bits per heavy atom. The summed E-state index contributed by atoms with van der Waals surface area (Å²) in [6.45, 7) is 1.32. The van der Waals surface area contributed by atoms with E-state index in [1.54, 1.807) is 0 Å². The minimum atomic E-state index is 0.595. The van der Waals surface area contributed by atoms with E-state index >= 15 is 0 Å². The maximum atomic E-state index is 6.24. The van der Waals surface area contributed by atoms with Gasteiger partial charge < -0.3 is 11.1 Å². The number of rotatable bonds is 3. The molecule has 3 saturated carbocycles. The van der Waals surface area contributed by atoms with Crippen molar-refractivity contribution in [2.75, 3.05) is 17.6 Å². The lowest BCUT2D eigenvalue weighted by atomic mass is 9.73. The number of hydrogen-bond donors (Lipinski definition) is 2. The van der Waals surface area contributed by atoms with E-state index in [9.17, 15) is 0 Å². The standard InChI is InChI=1S/C25H39N3/c26-23-11-5-6-12-24(23)27-25-16-21-10-4-3-9-20(25)17-28(21)22-14-18-7-1-2-8-19(13-18)15-22/h5-6,11-12,18-22,25,27H,1-4,7-10,13-17,26H2/t18-,19+,20?,21-,22?,25+/m1/s1. The third kappa shape index (κ3) is 3.92. The van der Waals surface area contributed by atoms with Crippen LogP contribution in [0.15, 0.2) is 24.3 Å². The predicted octanol–water partition coefficient (Wildman–Crippen LogP) is 5.67. The second-order valence-corrected chi connectivity index (χ2v) is 10.3. The average molecular weight is 382 g/mol. The summed E-state index contributed by atoms with van der Waals surface area (Å²) in [6.07, 6.45) is 17.4. The Morgan fingerprint density at radius 2 is 1.50 bits per heavy atom. The third-order valence-corrected chi connectivity index (χ3v) is 8.49. The molecule has 5 fully saturated rings. The fourth-order valence-corrected chi connectivity index (χ4v) is 7.12. The van der Waals surface area contributed by atoms with Crippen LogP contribution in [0.4, 0.5) is 11.4 Å². The zero-order valence-corrected chi connectivity index (χ0v) is 17.5. The van der Waals surface area contributed by atoms with Gasteiger partial charge in [0.1, 0.15) is 0 Å². The number of benzene rings is 1. The quantitative estimate of drug-likeness (QED) is 0.663. The fourth-order valence-electron chi connectivity index (χ4n) is 7.12. The minimum Gasteiger partial charge on any atom is -0.397 e. The maximum absolute atomic E-state index is 6.24. The van der Waals surface area contributed by atoms with Gasteiger partial charge in [-0.15, -0.1) is 0 Å². The summed E-state index contributed by atoms with van der Waals surface area (Å²) in [5.41, 5.74) is 8.29. The van der Waals surface area contributed by atoms with Gasteiger partial charge in [-0.1, -0.05) is 50.7 Å². The van der Waals surface area contributed by atoms with Crippen molar-refractivity contribution in [3.63, 3.8) is 0 Å². The van der Waals surface area contributed by atoms with Crippen LogP contribution in [0, 0.1) is 17.8 Å². The molecule has 0 aromatic heterocycles. The molecule has 2 unspecified atom stereocenters. The molecule has 3 nitrogen and oxygen atoms in total. The van der Waals surface area contributed by atoms with Crippen LogP contribution in [-0.2, 0) is 0 Å². The van der Waals surface area contributed by atoms with Crippen molar-refractivity contribution in [1.29, 1.82) is 0 Å².